The van der Waals surface area contributed by atoms with E-state index in [0.717, 1.165) is 22.5 Å². The summed E-state index contributed by atoms with van der Waals surface area (Å²) in [4.78, 5) is 12.4. The van der Waals surface area contributed by atoms with E-state index < -0.39 is 33.4 Å². The molecule has 5 nitrogen and oxygen atoms in total. The summed E-state index contributed by atoms with van der Waals surface area (Å²) in [6.45, 7) is 0. The van der Waals surface area contributed by atoms with Gasteiger partial charge in [-0.2, -0.15) is 13.2 Å². The molecule has 0 saturated heterocycles. The van der Waals surface area contributed by atoms with E-state index >= 15 is 0 Å². The zero-order valence-corrected chi connectivity index (χ0v) is 17.6. The maximum atomic E-state index is 13.2. The van der Waals surface area contributed by atoms with Crippen molar-refractivity contribution in [1.82, 2.24) is 0 Å². The fraction of sp³-hybridized carbons (Fsp3) is 0.0952. The van der Waals surface area contributed by atoms with Crippen molar-refractivity contribution in [2.24, 2.45) is 0 Å². The third-order valence-electron chi connectivity index (χ3n) is 4.44. The molecule has 0 bridgehead atoms. The fourth-order valence-electron chi connectivity index (χ4n) is 2.80. The SMILES string of the molecule is CN(c1ccccc1)S(=O)(=O)c1ccc(Cl)c(C(=O)Nc2ccccc2C(F)(F)F)c1. The average molecular weight is 469 g/mol. The second-order valence-electron chi connectivity index (χ2n) is 6.45. The van der Waals surface area contributed by atoms with Crippen LogP contribution < -0.4 is 9.62 Å². The Morgan fingerprint density at radius 3 is 2.23 bits per heavy atom. The Kier molecular flexibility index (Phi) is 6.28. The highest BCUT2D eigenvalue weighted by Gasteiger charge is 2.34. The van der Waals surface area contributed by atoms with Crippen LogP contribution in [0.5, 0.6) is 0 Å². The van der Waals surface area contributed by atoms with Gasteiger partial charge in [0.05, 0.1) is 32.4 Å². The van der Waals surface area contributed by atoms with E-state index in [1.54, 1.807) is 30.3 Å². The quantitative estimate of drug-likeness (QED) is 0.542. The van der Waals surface area contributed by atoms with Gasteiger partial charge in [0.2, 0.25) is 0 Å². The topological polar surface area (TPSA) is 66.5 Å². The Morgan fingerprint density at radius 2 is 1.58 bits per heavy atom. The first-order valence-corrected chi connectivity index (χ1v) is 10.6. The molecule has 0 aliphatic rings. The minimum Gasteiger partial charge on any atom is -0.321 e. The molecule has 0 aliphatic carbocycles. The molecule has 1 amide bonds. The predicted octanol–water partition coefficient (Wildman–Crippen LogP) is 5.44. The average Bonchev–Trinajstić information content (AvgIpc) is 2.73. The number of nitrogens with zero attached hydrogens (tertiary/aromatic N) is 1. The lowest BCUT2D eigenvalue weighted by Gasteiger charge is -2.20. The zero-order valence-electron chi connectivity index (χ0n) is 16.0. The number of hydrogen-bond donors (Lipinski definition) is 1. The number of rotatable bonds is 5. The number of amides is 1. The van der Waals surface area contributed by atoms with Crippen LogP contribution in [0.25, 0.3) is 0 Å². The predicted molar refractivity (Wildman–Crippen MR) is 113 cm³/mol. The van der Waals surface area contributed by atoms with Gasteiger partial charge < -0.3 is 5.32 Å². The van der Waals surface area contributed by atoms with Gasteiger partial charge in [0.15, 0.2) is 0 Å². The summed E-state index contributed by atoms with van der Waals surface area (Å²) in [7, 11) is -2.71. The van der Waals surface area contributed by atoms with Crippen molar-refractivity contribution in [3.05, 3.63) is 88.9 Å². The summed E-state index contributed by atoms with van der Waals surface area (Å²) >= 11 is 6.04. The van der Waals surface area contributed by atoms with Crippen molar-refractivity contribution in [3.63, 3.8) is 0 Å². The lowest BCUT2D eigenvalue weighted by atomic mass is 10.1. The molecule has 10 heteroatoms. The minimum absolute atomic E-state index is 0.108. The standard InChI is InChI=1S/C21H16ClF3N2O3S/c1-27(14-7-3-2-4-8-14)31(29,30)15-11-12-18(22)16(13-15)20(28)26-19-10-6-5-9-17(19)21(23,24)25/h2-13H,1H3,(H,26,28). The number of alkyl halides is 3. The third kappa shape index (κ3) is 4.83. The first kappa shape index (κ1) is 22.6. The first-order chi connectivity index (χ1) is 14.5. The Morgan fingerprint density at radius 1 is 0.968 bits per heavy atom. The van der Waals surface area contributed by atoms with Crippen molar-refractivity contribution in [2.75, 3.05) is 16.7 Å². The smallest absolute Gasteiger partial charge is 0.321 e. The molecule has 162 valence electrons. The highest BCUT2D eigenvalue weighted by Crippen LogP contribution is 2.35. The van der Waals surface area contributed by atoms with Gasteiger partial charge in [-0.3, -0.25) is 9.10 Å². The maximum absolute atomic E-state index is 13.2. The lowest BCUT2D eigenvalue weighted by Crippen LogP contribution is -2.27. The summed E-state index contributed by atoms with van der Waals surface area (Å²) in [5, 5.41) is 2.05. The first-order valence-electron chi connectivity index (χ1n) is 8.83. The van der Waals surface area contributed by atoms with Gasteiger partial charge in [0.25, 0.3) is 15.9 Å². The molecule has 0 fully saturated rings. The van der Waals surface area contributed by atoms with Crippen LogP contribution in [0, 0.1) is 0 Å². The second kappa shape index (κ2) is 8.60. The number of para-hydroxylation sites is 2. The van der Waals surface area contributed by atoms with Crippen molar-refractivity contribution in [2.45, 2.75) is 11.1 Å². The summed E-state index contributed by atoms with van der Waals surface area (Å²) in [6.07, 6.45) is -4.68. The molecule has 0 radical (unpaired) electrons. The van der Waals surface area contributed by atoms with Gasteiger partial charge in [-0.25, -0.2) is 8.42 Å². The zero-order chi connectivity index (χ0) is 22.8. The normalized spacial score (nSPS) is 11.8. The van der Waals surface area contributed by atoms with Crippen LogP contribution in [0.4, 0.5) is 24.5 Å². The van der Waals surface area contributed by atoms with Gasteiger partial charge in [0.1, 0.15) is 0 Å². The van der Waals surface area contributed by atoms with Gasteiger partial charge in [-0.1, -0.05) is 41.9 Å². The lowest BCUT2D eigenvalue weighted by molar-refractivity contribution is -0.136. The number of nitrogens with one attached hydrogen (secondary N) is 1. The fourth-order valence-corrected chi connectivity index (χ4v) is 4.23. The van der Waals surface area contributed by atoms with E-state index in [1.807, 2.05) is 0 Å². The van der Waals surface area contributed by atoms with Gasteiger partial charge in [-0.15, -0.1) is 0 Å². The Bertz CT molecular complexity index is 1220. The van der Waals surface area contributed by atoms with E-state index in [0.29, 0.717) is 5.69 Å². The molecule has 0 unspecified atom stereocenters. The third-order valence-corrected chi connectivity index (χ3v) is 6.55. The molecule has 3 aromatic rings. The van der Waals surface area contributed by atoms with Gasteiger partial charge >= 0.3 is 6.18 Å². The molecule has 0 atom stereocenters. The summed E-state index contributed by atoms with van der Waals surface area (Å²) in [6, 6.07) is 16.2. The molecular weight excluding hydrogens is 453 g/mol. The Balaban J connectivity index is 1.96. The van der Waals surface area contributed by atoms with Crippen molar-refractivity contribution < 1.29 is 26.4 Å². The molecule has 0 spiro atoms. The van der Waals surface area contributed by atoms with E-state index in [9.17, 15) is 26.4 Å². The van der Waals surface area contributed by atoms with E-state index in [4.69, 9.17) is 11.6 Å². The van der Waals surface area contributed by atoms with Crippen LogP contribution in [0.1, 0.15) is 15.9 Å². The van der Waals surface area contributed by atoms with Gasteiger partial charge in [0, 0.05) is 7.05 Å². The molecular formula is C21H16ClF3N2O3S. The Hall–Kier alpha value is -3.04. The number of sulfonamides is 1. The molecule has 31 heavy (non-hydrogen) atoms. The van der Waals surface area contributed by atoms with Crippen molar-refractivity contribution in [1.29, 1.82) is 0 Å². The number of anilines is 2. The molecule has 0 saturated carbocycles. The van der Waals surface area contributed by atoms with Crippen LogP contribution in [0.2, 0.25) is 5.02 Å². The largest absolute Gasteiger partial charge is 0.418 e. The molecule has 0 aliphatic heterocycles. The van der Waals surface area contributed by atoms with Crippen molar-refractivity contribution in [3.8, 4) is 0 Å². The molecule has 3 rings (SSSR count). The molecule has 1 N–H and O–H groups in total. The molecule has 0 aromatic heterocycles. The monoisotopic (exact) mass is 468 g/mol. The van der Waals surface area contributed by atoms with Gasteiger partial charge in [-0.05, 0) is 42.5 Å². The van der Waals surface area contributed by atoms with E-state index in [-0.39, 0.29) is 15.5 Å². The van der Waals surface area contributed by atoms with E-state index in [1.165, 1.54) is 31.3 Å². The van der Waals surface area contributed by atoms with Crippen molar-refractivity contribution >= 4 is 38.9 Å². The number of benzene rings is 3. The highest BCUT2D eigenvalue weighted by molar-refractivity contribution is 7.92. The summed E-state index contributed by atoms with van der Waals surface area (Å²) in [5.41, 5.74) is -1.39. The highest BCUT2D eigenvalue weighted by atomic mass is 35.5. The van der Waals surface area contributed by atoms with Crippen LogP contribution in [0.15, 0.2) is 77.7 Å². The van der Waals surface area contributed by atoms with Crippen LogP contribution >= 0.6 is 11.6 Å². The minimum atomic E-state index is -4.68. The Labute approximate surface area is 182 Å². The van der Waals surface area contributed by atoms with E-state index in [2.05, 4.69) is 5.32 Å². The van der Waals surface area contributed by atoms with Crippen LogP contribution in [0.3, 0.4) is 0 Å². The summed E-state index contributed by atoms with van der Waals surface area (Å²) < 4.78 is 66.5. The summed E-state index contributed by atoms with van der Waals surface area (Å²) in [5.74, 6) is -0.971. The second-order valence-corrected chi connectivity index (χ2v) is 8.82. The number of halogens is 4. The maximum Gasteiger partial charge on any atom is 0.418 e. The molecule has 3 aromatic carbocycles. The number of carbonyl (C=O) groups is 1. The van der Waals surface area contributed by atoms with Crippen LogP contribution in [-0.2, 0) is 16.2 Å². The number of hydrogen-bond acceptors (Lipinski definition) is 3. The van der Waals surface area contributed by atoms with Crippen LogP contribution in [-0.4, -0.2) is 21.4 Å². The number of carbonyl (C=O) groups excluding carboxylic acids is 1. The molecule has 0 heterocycles.